The molecule has 0 unspecified atom stereocenters. The highest BCUT2D eigenvalue weighted by Crippen LogP contribution is 2.27. The van der Waals surface area contributed by atoms with Crippen LogP contribution < -0.4 is 4.74 Å². The predicted octanol–water partition coefficient (Wildman–Crippen LogP) is 4.29. The van der Waals surface area contributed by atoms with E-state index < -0.39 is 11.6 Å². The summed E-state index contributed by atoms with van der Waals surface area (Å²) in [6, 6.07) is 11.0. The second kappa shape index (κ2) is 6.16. The summed E-state index contributed by atoms with van der Waals surface area (Å²) in [5.74, 6) is -1.44. The molecule has 0 heterocycles. The summed E-state index contributed by atoms with van der Waals surface area (Å²) < 4.78 is 32.9. The van der Waals surface area contributed by atoms with Gasteiger partial charge >= 0.3 is 0 Å². The first kappa shape index (κ1) is 14.0. The molecule has 4 heteroatoms. The van der Waals surface area contributed by atoms with Gasteiger partial charge < -0.3 is 4.74 Å². The van der Waals surface area contributed by atoms with E-state index in [9.17, 15) is 8.78 Å². The largest absolute Gasteiger partial charge is 0.494 e. The van der Waals surface area contributed by atoms with Crippen molar-refractivity contribution in [3.8, 4) is 22.9 Å². The third-order valence-corrected chi connectivity index (χ3v) is 2.84. The lowest BCUT2D eigenvalue weighted by Gasteiger charge is -2.08. The summed E-state index contributed by atoms with van der Waals surface area (Å²) in [6.07, 6.45) is 0.900. The van der Waals surface area contributed by atoms with Gasteiger partial charge in [-0.1, -0.05) is 19.1 Å². The Balaban J connectivity index is 2.33. The maximum absolute atomic E-state index is 13.9. The lowest BCUT2D eigenvalue weighted by Crippen LogP contribution is -1.96. The zero-order valence-corrected chi connectivity index (χ0v) is 11.0. The van der Waals surface area contributed by atoms with Crippen molar-refractivity contribution in [1.82, 2.24) is 0 Å². The van der Waals surface area contributed by atoms with Crippen LogP contribution in [0.2, 0.25) is 0 Å². The molecule has 2 aromatic carbocycles. The van der Waals surface area contributed by atoms with Crippen LogP contribution in [-0.4, -0.2) is 6.61 Å². The van der Waals surface area contributed by atoms with Crippen molar-refractivity contribution >= 4 is 0 Å². The Bertz CT molecular complexity index is 645. The summed E-state index contributed by atoms with van der Waals surface area (Å²) in [7, 11) is 0. The van der Waals surface area contributed by atoms with Crippen molar-refractivity contribution in [1.29, 1.82) is 5.26 Å². The number of rotatable bonds is 4. The molecule has 20 heavy (non-hydrogen) atoms. The quantitative estimate of drug-likeness (QED) is 0.832. The SMILES string of the molecule is CCCOc1ccc(-c2ccc(C#N)c(F)c2F)cc1. The van der Waals surface area contributed by atoms with E-state index in [0.29, 0.717) is 17.9 Å². The average Bonchev–Trinajstić information content (AvgIpc) is 2.48. The van der Waals surface area contributed by atoms with Gasteiger partial charge in [-0.25, -0.2) is 8.78 Å². The van der Waals surface area contributed by atoms with Crippen LogP contribution in [0.4, 0.5) is 8.78 Å². The van der Waals surface area contributed by atoms with Crippen molar-refractivity contribution in [2.24, 2.45) is 0 Å². The van der Waals surface area contributed by atoms with Crippen LogP contribution in [0.1, 0.15) is 18.9 Å². The summed E-state index contributed by atoms with van der Waals surface area (Å²) >= 11 is 0. The maximum atomic E-state index is 13.9. The number of hydrogen-bond acceptors (Lipinski definition) is 2. The van der Waals surface area contributed by atoms with E-state index in [0.717, 1.165) is 6.42 Å². The fraction of sp³-hybridized carbons (Fsp3) is 0.188. The molecule has 0 N–H and O–H groups in total. The Morgan fingerprint density at radius 2 is 1.75 bits per heavy atom. The molecule has 2 aromatic rings. The summed E-state index contributed by atoms with van der Waals surface area (Å²) in [6.45, 7) is 2.61. The van der Waals surface area contributed by atoms with E-state index in [1.807, 2.05) is 6.92 Å². The first-order chi connectivity index (χ1) is 9.67. The average molecular weight is 273 g/mol. The van der Waals surface area contributed by atoms with E-state index in [-0.39, 0.29) is 11.1 Å². The standard InChI is InChI=1S/C16H13F2NO/c1-2-9-20-13-6-3-11(4-7-13)14-8-5-12(10-19)15(17)16(14)18/h3-8H,2,9H2,1H3. The molecule has 0 saturated heterocycles. The van der Waals surface area contributed by atoms with Crippen LogP contribution in [0, 0.1) is 23.0 Å². The second-order valence-corrected chi connectivity index (χ2v) is 4.27. The van der Waals surface area contributed by atoms with Gasteiger partial charge in [-0.15, -0.1) is 0 Å². The van der Waals surface area contributed by atoms with Crippen molar-refractivity contribution in [3.63, 3.8) is 0 Å². The van der Waals surface area contributed by atoms with Crippen molar-refractivity contribution in [2.45, 2.75) is 13.3 Å². The van der Waals surface area contributed by atoms with Crippen LogP contribution in [0.15, 0.2) is 36.4 Å². The van der Waals surface area contributed by atoms with Crippen molar-refractivity contribution < 1.29 is 13.5 Å². The summed E-state index contributed by atoms with van der Waals surface area (Å²) in [5, 5.41) is 8.65. The van der Waals surface area contributed by atoms with E-state index in [4.69, 9.17) is 10.00 Å². The molecule has 0 aliphatic heterocycles. The number of nitrogens with zero attached hydrogens (tertiary/aromatic N) is 1. The van der Waals surface area contributed by atoms with E-state index in [1.165, 1.54) is 12.1 Å². The molecule has 2 rings (SSSR count). The van der Waals surface area contributed by atoms with Crippen LogP contribution in [0.3, 0.4) is 0 Å². The molecule has 0 spiro atoms. The zero-order valence-electron chi connectivity index (χ0n) is 11.0. The zero-order chi connectivity index (χ0) is 14.5. The highest BCUT2D eigenvalue weighted by Gasteiger charge is 2.14. The van der Waals surface area contributed by atoms with Gasteiger partial charge in [-0.3, -0.25) is 0 Å². The minimum Gasteiger partial charge on any atom is -0.494 e. The predicted molar refractivity (Wildman–Crippen MR) is 72.3 cm³/mol. The molecule has 0 amide bonds. The number of benzene rings is 2. The molecule has 0 aliphatic rings. The third kappa shape index (κ3) is 2.77. The highest BCUT2D eigenvalue weighted by molar-refractivity contribution is 5.66. The first-order valence-corrected chi connectivity index (χ1v) is 6.28. The Morgan fingerprint density at radius 1 is 1.05 bits per heavy atom. The number of nitriles is 1. The Hall–Kier alpha value is -2.41. The molecule has 0 aromatic heterocycles. The molecule has 0 radical (unpaired) electrons. The van der Waals surface area contributed by atoms with Gasteiger partial charge in [0.05, 0.1) is 12.2 Å². The number of halogens is 2. The van der Waals surface area contributed by atoms with Crippen molar-refractivity contribution in [2.75, 3.05) is 6.61 Å². The van der Waals surface area contributed by atoms with Gasteiger partial charge in [-0.2, -0.15) is 5.26 Å². The van der Waals surface area contributed by atoms with E-state index in [2.05, 4.69) is 0 Å². The topological polar surface area (TPSA) is 33.0 Å². The molecular formula is C16H13F2NO. The van der Waals surface area contributed by atoms with Crippen molar-refractivity contribution in [3.05, 3.63) is 53.6 Å². The Labute approximate surface area is 116 Å². The molecular weight excluding hydrogens is 260 g/mol. The van der Waals surface area contributed by atoms with Gasteiger partial charge in [0, 0.05) is 5.56 Å². The monoisotopic (exact) mass is 273 g/mol. The van der Waals surface area contributed by atoms with Gasteiger partial charge in [0.15, 0.2) is 11.6 Å². The fourth-order valence-corrected chi connectivity index (χ4v) is 1.81. The van der Waals surface area contributed by atoms with E-state index >= 15 is 0 Å². The first-order valence-electron chi connectivity index (χ1n) is 6.28. The van der Waals surface area contributed by atoms with Gasteiger partial charge in [-0.05, 0) is 36.2 Å². The molecule has 0 bridgehead atoms. The molecule has 0 saturated carbocycles. The molecule has 102 valence electrons. The fourth-order valence-electron chi connectivity index (χ4n) is 1.81. The van der Waals surface area contributed by atoms with Gasteiger partial charge in [0.2, 0.25) is 0 Å². The maximum Gasteiger partial charge on any atom is 0.177 e. The normalized spacial score (nSPS) is 10.1. The lowest BCUT2D eigenvalue weighted by molar-refractivity contribution is 0.317. The lowest BCUT2D eigenvalue weighted by atomic mass is 10.0. The molecule has 0 atom stereocenters. The van der Waals surface area contributed by atoms with Crippen LogP contribution in [0.25, 0.3) is 11.1 Å². The Morgan fingerprint density at radius 3 is 2.35 bits per heavy atom. The summed E-state index contributed by atoms with van der Waals surface area (Å²) in [4.78, 5) is 0. The van der Waals surface area contributed by atoms with Crippen LogP contribution in [0.5, 0.6) is 5.75 Å². The minimum absolute atomic E-state index is 0.128. The third-order valence-electron chi connectivity index (χ3n) is 2.84. The second-order valence-electron chi connectivity index (χ2n) is 4.27. The van der Waals surface area contributed by atoms with E-state index in [1.54, 1.807) is 30.3 Å². The van der Waals surface area contributed by atoms with Gasteiger partial charge in [0.1, 0.15) is 11.8 Å². The molecule has 0 fully saturated rings. The van der Waals surface area contributed by atoms with Crippen LogP contribution in [-0.2, 0) is 0 Å². The van der Waals surface area contributed by atoms with Gasteiger partial charge in [0.25, 0.3) is 0 Å². The van der Waals surface area contributed by atoms with Crippen LogP contribution >= 0.6 is 0 Å². The highest BCUT2D eigenvalue weighted by atomic mass is 19.2. The number of hydrogen-bond donors (Lipinski definition) is 0. The molecule has 0 aliphatic carbocycles. The smallest absolute Gasteiger partial charge is 0.177 e. The minimum atomic E-state index is -1.11. The number of ether oxygens (including phenoxy) is 1. The molecule has 2 nitrogen and oxygen atoms in total. The Kier molecular flexibility index (Phi) is 4.31. The summed E-state index contributed by atoms with van der Waals surface area (Å²) in [5.41, 5.74) is 0.368.